The molecule has 2 aliphatic heterocycles. The number of carbonyl (C=O) groups excluding carboxylic acids is 3. The molecule has 0 spiro atoms. The second kappa shape index (κ2) is 10.3. The Labute approximate surface area is 237 Å². The zero-order valence-corrected chi connectivity index (χ0v) is 23.8. The Hall–Kier alpha value is -3.75. The number of β-lactam (4-membered cyclic amide) rings is 1. The molecule has 3 N–H and O–H groups in total. The summed E-state index contributed by atoms with van der Waals surface area (Å²) in [5, 5.41) is 22.0. The highest BCUT2D eigenvalue weighted by molar-refractivity contribution is 7.99. The van der Waals surface area contributed by atoms with Crippen LogP contribution in [0.15, 0.2) is 41.3 Å². The van der Waals surface area contributed by atoms with Crippen LogP contribution in [0.3, 0.4) is 0 Å². The molecule has 1 fully saturated rings. The fraction of sp³-hybridized carbons (Fsp3) is 0.385. The third-order valence-corrected chi connectivity index (χ3v) is 9.77. The molecule has 0 saturated carbocycles. The molecule has 0 bridgehead atoms. The van der Waals surface area contributed by atoms with Gasteiger partial charge in [-0.05, 0) is 37.3 Å². The number of esters is 1. The van der Waals surface area contributed by atoms with Crippen molar-refractivity contribution in [3.8, 4) is 0 Å². The van der Waals surface area contributed by atoms with Crippen molar-refractivity contribution in [3.63, 3.8) is 0 Å². The van der Waals surface area contributed by atoms with E-state index in [1.54, 1.807) is 13.3 Å². The van der Waals surface area contributed by atoms with Crippen LogP contribution in [0.1, 0.15) is 36.9 Å². The van der Waals surface area contributed by atoms with Crippen molar-refractivity contribution in [2.75, 3.05) is 5.75 Å². The Morgan fingerprint density at radius 2 is 2.00 bits per heavy atom. The lowest BCUT2D eigenvalue weighted by molar-refractivity contribution is -0.515. The number of thiazole rings is 1. The van der Waals surface area contributed by atoms with Gasteiger partial charge in [-0.2, -0.15) is 4.40 Å². The van der Waals surface area contributed by atoms with Gasteiger partial charge in [-0.15, -0.1) is 4.57 Å². The number of carbonyl (C=O) groups is 3. The number of aliphatic hydroxyl groups excluding tert-OH is 1. The van der Waals surface area contributed by atoms with Crippen LogP contribution >= 0.6 is 23.1 Å². The molecule has 2 amide bonds. The number of non-ortho nitro benzene ring substituents is 1. The molecule has 210 valence electrons. The quantitative estimate of drug-likeness (QED) is 0.102. The number of imidazole rings is 1. The molecule has 5 rings (SSSR count). The first-order valence-electron chi connectivity index (χ1n) is 12.6. The number of fused-ring (bicyclic) bond motifs is 2. The largest absolute Gasteiger partial charge is 0.456 e. The van der Waals surface area contributed by atoms with Gasteiger partial charge in [0.2, 0.25) is 15.8 Å². The first-order chi connectivity index (χ1) is 19.0. The number of ether oxygens (including phenoxy) is 1. The second-order valence-corrected chi connectivity index (χ2v) is 12.0. The van der Waals surface area contributed by atoms with Gasteiger partial charge in [-0.3, -0.25) is 14.9 Å². The van der Waals surface area contributed by atoms with Crippen molar-refractivity contribution in [1.29, 1.82) is 0 Å². The Bertz CT molecular complexity index is 1590. The number of amides is 2. The summed E-state index contributed by atoms with van der Waals surface area (Å²) in [4.78, 5) is 52.2. The van der Waals surface area contributed by atoms with Crippen molar-refractivity contribution >= 4 is 57.1 Å². The molecule has 0 radical (unpaired) electrons. The molecule has 1 aromatic carbocycles. The van der Waals surface area contributed by atoms with Gasteiger partial charge in [0.15, 0.2) is 0 Å². The number of benzene rings is 1. The number of nitro benzene ring substituents is 1. The third kappa shape index (κ3) is 4.26. The lowest BCUT2D eigenvalue weighted by atomic mass is 9.77. The maximum absolute atomic E-state index is 13.6. The van der Waals surface area contributed by atoms with Gasteiger partial charge in [-0.1, -0.05) is 36.9 Å². The van der Waals surface area contributed by atoms with E-state index in [2.05, 4.69) is 0 Å². The van der Waals surface area contributed by atoms with E-state index in [1.807, 2.05) is 25.2 Å². The predicted octanol–water partition coefficient (Wildman–Crippen LogP) is 2.86. The molecule has 4 atom stereocenters. The number of hydrogen-bond donors (Lipinski definition) is 2. The number of aryl methyl sites for hydroxylation is 1. The fourth-order valence-electron chi connectivity index (χ4n) is 5.50. The number of nitrogens with two attached hydrogens (primary N) is 1. The lowest BCUT2D eigenvalue weighted by Crippen LogP contribution is -2.63. The summed E-state index contributed by atoms with van der Waals surface area (Å²) in [5.41, 5.74) is 7.61. The fourth-order valence-corrected chi connectivity index (χ4v) is 7.87. The van der Waals surface area contributed by atoms with Crippen molar-refractivity contribution in [3.05, 3.63) is 62.5 Å². The predicted molar refractivity (Wildman–Crippen MR) is 146 cm³/mol. The highest BCUT2D eigenvalue weighted by Gasteiger charge is 2.60. The van der Waals surface area contributed by atoms with Gasteiger partial charge in [0.25, 0.3) is 12.0 Å². The number of primary amides is 1. The third-order valence-electron chi connectivity index (χ3n) is 7.39. The Kier molecular flexibility index (Phi) is 7.18. The van der Waals surface area contributed by atoms with Crippen LogP contribution in [0.25, 0.3) is 10.4 Å². The number of hydrogen-bond acceptors (Lipinski definition) is 9. The smallest absolute Gasteiger partial charge is 0.411 e. The van der Waals surface area contributed by atoms with Crippen LogP contribution in [0.4, 0.5) is 10.5 Å². The first kappa shape index (κ1) is 27.8. The minimum atomic E-state index is -0.893. The summed E-state index contributed by atoms with van der Waals surface area (Å²) in [6.07, 6.45) is 0.728. The Balaban J connectivity index is 1.57. The number of rotatable bonds is 8. The van der Waals surface area contributed by atoms with Gasteiger partial charge in [0, 0.05) is 23.6 Å². The summed E-state index contributed by atoms with van der Waals surface area (Å²) in [5.74, 6) is -1.28. The topological polar surface area (TPSA) is 162 Å². The Morgan fingerprint density at radius 3 is 2.58 bits per heavy atom. The van der Waals surface area contributed by atoms with Crippen molar-refractivity contribution in [2.24, 2.45) is 17.6 Å². The highest BCUT2D eigenvalue weighted by Crippen LogP contribution is 2.52. The number of thioether (sulfide) groups is 1. The molecule has 0 unspecified atom stereocenters. The van der Waals surface area contributed by atoms with E-state index >= 15 is 0 Å². The molecule has 14 heteroatoms. The molecule has 1 saturated heterocycles. The van der Waals surface area contributed by atoms with E-state index < -0.39 is 35.0 Å². The number of nitrogens with zero attached hydrogens (tertiary/aromatic N) is 4. The second-order valence-electron chi connectivity index (χ2n) is 9.77. The minimum absolute atomic E-state index is 0.0780. The monoisotopic (exact) mass is 586 g/mol. The molecule has 4 heterocycles. The van der Waals surface area contributed by atoms with E-state index in [1.165, 1.54) is 56.8 Å². The van der Waals surface area contributed by atoms with Crippen molar-refractivity contribution in [2.45, 2.75) is 51.5 Å². The van der Waals surface area contributed by atoms with Gasteiger partial charge in [0.05, 0.1) is 27.9 Å². The molecule has 3 aromatic rings. The summed E-state index contributed by atoms with van der Waals surface area (Å²) in [7, 11) is 0. The summed E-state index contributed by atoms with van der Waals surface area (Å²) < 4.78 is 8.87. The van der Waals surface area contributed by atoms with Crippen LogP contribution in [0.5, 0.6) is 0 Å². The van der Waals surface area contributed by atoms with E-state index in [0.29, 0.717) is 21.9 Å². The molecule has 2 aliphatic rings. The maximum Gasteiger partial charge on any atom is 0.411 e. The minimum Gasteiger partial charge on any atom is -0.456 e. The average molecular weight is 587 g/mol. The van der Waals surface area contributed by atoms with E-state index in [4.69, 9.17) is 10.5 Å². The van der Waals surface area contributed by atoms with E-state index in [-0.39, 0.29) is 29.8 Å². The summed E-state index contributed by atoms with van der Waals surface area (Å²) in [6.45, 7) is 7.18. The van der Waals surface area contributed by atoms with Crippen LogP contribution in [-0.2, 0) is 20.9 Å². The first-order valence-corrected chi connectivity index (χ1v) is 14.4. The van der Waals surface area contributed by atoms with Gasteiger partial charge in [0.1, 0.15) is 18.0 Å². The lowest BCUT2D eigenvalue weighted by Gasteiger charge is -2.46. The molecule has 2 aromatic heterocycles. The van der Waals surface area contributed by atoms with Crippen LogP contribution in [0.2, 0.25) is 0 Å². The molecule has 0 aliphatic carbocycles. The van der Waals surface area contributed by atoms with Gasteiger partial charge >= 0.3 is 12.0 Å². The van der Waals surface area contributed by atoms with Crippen LogP contribution < -0.4 is 10.1 Å². The SMILES string of the molecule is CCSc1c2sc(C3=C(C(=O)OCc4ccc([N+](=O)[O-])cc4)N4C(=O)[C@H]([C@@H](C)O)[C@H]4[C@H]3C)c(C)[n+]2cn1C(N)=O. The molecule has 12 nitrogen and oxygen atoms in total. The molecular formula is C26H28N5O7S2+. The standard InChI is InChI=1S/C26H27N5O7S2/c1-5-39-23-24-28(11-29(23)26(27)35)13(3)21(40-24)17-12(2)19-18(14(4)32)22(33)30(19)20(17)25(34)38-10-15-6-8-16(9-7-15)31(36)37/h6-9,11-12,14,18-19,32H,5,10H2,1-4H3,(H-,27,35)/p+1/t12-,14+,18+,19+/m0/s1. The van der Waals surface area contributed by atoms with Gasteiger partial charge < -0.3 is 20.5 Å². The summed E-state index contributed by atoms with van der Waals surface area (Å²) in [6, 6.07) is 4.65. The summed E-state index contributed by atoms with van der Waals surface area (Å²) >= 11 is 2.87. The average Bonchev–Trinajstić information content (AvgIpc) is 3.50. The Morgan fingerprint density at radius 1 is 1.32 bits per heavy atom. The number of aromatic nitrogens is 2. The van der Waals surface area contributed by atoms with Crippen LogP contribution in [-0.4, -0.2) is 55.3 Å². The van der Waals surface area contributed by atoms with Crippen molar-refractivity contribution in [1.82, 2.24) is 9.47 Å². The maximum atomic E-state index is 13.6. The van der Waals surface area contributed by atoms with Gasteiger partial charge in [-0.25, -0.2) is 9.59 Å². The molecular weight excluding hydrogens is 558 g/mol. The van der Waals surface area contributed by atoms with Crippen LogP contribution in [0, 0.1) is 28.9 Å². The van der Waals surface area contributed by atoms with Crippen molar-refractivity contribution < 1.29 is 33.6 Å². The van der Waals surface area contributed by atoms with E-state index in [9.17, 15) is 29.6 Å². The van der Waals surface area contributed by atoms with E-state index in [0.717, 1.165) is 15.4 Å². The zero-order chi connectivity index (χ0) is 29.0. The highest BCUT2D eigenvalue weighted by atomic mass is 32.2. The number of aliphatic hydroxyl groups is 1. The number of nitro groups is 1. The zero-order valence-electron chi connectivity index (χ0n) is 22.2. The molecule has 40 heavy (non-hydrogen) atoms. The normalized spacial score (nSPS) is 21.0.